The molecule has 0 radical (unpaired) electrons. The van der Waals surface area contributed by atoms with Gasteiger partial charge in [-0.3, -0.25) is 19.4 Å². The van der Waals surface area contributed by atoms with Crippen LogP contribution in [0.15, 0.2) is 52.9 Å². The van der Waals surface area contributed by atoms with Crippen LogP contribution in [0.3, 0.4) is 0 Å². The van der Waals surface area contributed by atoms with Gasteiger partial charge in [0.05, 0.1) is 50.0 Å². The van der Waals surface area contributed by atoms with Gasteiger partial charge in [-0.2, -0.15) is 10.1 Å². The number of rotatable bonds is 4. The predicted octanol–water partition coefficient (Wildman–Crippen LogP) is 6.55. The molecule has 0 saturated carbocycles. The van der Waals surface area contributed by atoms with Crippen molar-refractivity contribution >= 4 is 56.9 Å². The highest BCUT2D eigenvalue weighted by atomic mass is 35.5. The zero-order chi connectivity index (χ0) is 32.6. The number of benzene rings is 2. The van der Waals surface area contributed by atoms with E-state index in [1.54, 1.807) is 17.3 Å². The number of fused-ring (bicyclic) bond motifs is 3. The SMILES string of the molecule is C=CC(=O)N1CC(C)N2c3nc(=O)n(-c4c(C)ccnc4C(C)C)c4c(Cl)c(-c5c(C)ccc6[nH]ncc56)c(F)c(c34)SCC2C1. The van der Waals surface area contributed by atoms with E-state index >= 15 is 4.39 Å². The Morgan fingerprint density at radius 3 is 2.72 bits per heavy atom. The number of H-pyrrole nitrogens is 1. The van der Waals surface area contributed by atoms with Crippen molar-refractivity contribution < 1.29 is 9.18 Å². The minimum Gasteiger partial charge on any atom is -0.346 e. The molecular weight excluding hydrogens is 625 g/mol. The Hall–Kier alpha value is -4.22. The Labute approximate surface area is 274 Å². The van der Waals surface area contributed by atoms with Crippen LogP contribution in [0.4, 0.5) is 10.2 Å². The Balaban J connectivity index is 1.64. The number of aromatic amines is 1. The van der Waals surface area contributed by atoms with Crippen LogP contribution < -0.4 is 10.6 Å². The van der Waals surface area contributed by atoms with Crippen LogP contribution in [0.5, 0.6) is 0 Å². The quantitative estimate of drug-likeness (QED) is 0.219. The Morgan fingerprint density at radius 1 is 1.20 bits per heavy atom. The lowest BCUT2D eigenvalue weighted by Crippen LogP contribution is -2.60. The fraction of sp³-hybridized carbons (Fsp3) is 0.324. The molecule has 1 amide bonds. The summed E-state index contributed by atoms with van der Waals surface area (Å²) >= 11 is 8.79. The maximum absolute atomic E-state index is 17.4. The summed E-state index contributed by atoms with van der Waals surface area (Å²) in [5, 5.41) is 8.51. The fourth-order valence-corrected chi connectivity index (χ4v) is 8.59. The highest BCUT2D eigenvalue weighted by molar-refractivity contribution is 7.99. The molecule has 5 heterocycles. The zero-order valence-electron chi connectivity index (χ0n) is 26.2. The van der Waals surface area contributed by atoms with Crippen molar-refractivity contribution in [3.8, 4) is 16.8 Å². The third-order valence-electron chi connectivity index (χ3n) is 9.09. The number of carbonyl (C=O) groups is 1. The second-order valence-electron chi connectivity index (χ2n) is 12.4. The van der Waals surface area contributed by atoms with Crippen LogP contribution in [0.1, 0.15) is 43.5 Å². The van der Waals surface area contributed by atoms with Gasteiger partial charge in [0.2, 0.25) is 5.91 Å². The molecule has 0 aliphatic carbocycles. The molecule has 2 aromatic carbocycles. The maximum atomic E-state index is 17.4. The summed E-state index contributed by atoms with van der Waals surface area (Å²) in [7, 11) is 0. The molecule has 236 valence electrons. The highest BCUT2D eigenvalue weighted by Crippen LogP contribution is 2.50. The number of thioether (sulfide) groups is 1. The molecular formula is C34H33ClFN7O2S. The number of nitrogens with zero attached hydrogens (tertiary/aromatic N) is 6. The van der Waals surface area contributed by atoms with Crippen LogP contribution in [0.2, 0.25) is 5.02 Å². The molecule has 7 rings (SSSR count). The van der Waals surface area contributed by atoms with Crippen molar-refractivity contribution in [1.29, 1.82) is 0 Å². The number of halogens is 2. The smallest absolute Gasteiger partial charge is 0.346 e. The number of pyridine rings is 1. The zero-order valence-corrected chi connectivity index (χ0v) is 27.8. The summed E-state index contributed by atoms with van der Waals surface area (Å²) in [6.07, 6.45) is 4.71. The lowest BCUT2D eigenvalue weighted by molar-refractivity contribution is -0.127. The van der Waals surface area contributed by atoms with E-state index in [0.717, 1.165) is 22.0 Å². The number of nitrogens with one attached hydrogen (secondary N) is 1. The fourth-order valence-electron chi connectivity index (χ4n) is 7.04. The lowest BCUT2D eigenvalue weighted by atomic mass is 9.94. The Kier molecular flexibility index (Phi) is 7.43. The summed E-state index contributed by atoms with van der Waals surface area (Å²) in [5.41, 5.74) is 4.32. The predicted molar refractivity (Wildman–Crippen MR) is 182 cm³/mol. The number of aryl methyl sites for hydroxylation is 2. The second kappa shape index (κ2) is 11.2. The van der Waals surface area contributed by atoms with E-state index in [1.807, 2.05) is 52.8 Å². The van der Waals surface area contributed by atoms with Gasteiger partial charge < -0.3 is 9.80 Å². The van der Waals surface area contributed by atoms with Gasteiger partial charge in [0.15, 0.2) is 0 Å². The highest BCUT2D eigenvalue weighted by Gasteiger charge is 2.40. The minimum atomic E-state index is -0.536. The van der Waals surface area contributed by atoms with Crippen molar-refractivity contribution in [3.63, 3.8) is 0 Å². The van der Waals surface area contributed by atoms with Crippen molar-refractivity contribution in [3.05, 3.63) is 81.4 Å². The first-order chi connectivity index (χ1) is 22.0. The van der Waals surface area contributed by atoms with E-state index in [4.69, 9.17) is 16.6 Å². The third kappa shape index (κ3) is 4.46. The lowest BCUT2D eigenvalue weighted by Gasteiger charge is -2.45. The molecule has 2 unspecified atom stereocenters. The normalized spacial score (nSPS) is 17.9. The first-order valence-corrected chi connectivity index (χ1v) is 16.6. The molecule has 2 aliphatic heterocycles. The molecule has 1 saturated heterocycles. The van der Waals surface area contributed by atoms with Crippen LogP contribution in [-0.2, 0) is 4.79 Å². The Morgan fingerprint density at radius 2 is 1.98 bits per heavy atom. The molecule has 1 N–H and O–H groups in total. The molecule has 3 aromatic heterocycles. The maximum Gasteiger partial charge on any atom is 0.354 e. The molecule has 46 heavy (non-hydrogen) atoms. The monoisotopic (exact) mass is 657 g/mol. The number of carbonyl (C=O) groups excluding carboxylic acids is 1. The second-order valence-corrected chi connectivity index (χ2v) is 13.8. The van der Waals surface area contributed by atoms with Crippen molar-refractivity contribution in [2.24, 2.45) is 0 Å². The number of amides is 1. The van der Waals surface area contributed by atoms with Gasteiger partial charge in [-0.25, -0.2) is 9.18 Å². The van der Waals surface area contributed by atoms with E-state index < -0.39 is 11.5 Å². The van der Waals surface area contributed by atoms with E-state index in [2.05, 4.69) is 26.7 Å². The molecule has 12 heteroatoms. The van der Waals surface area contributed by atoms with Crippen LogP contribution in [0, 0.1) is 19.7 Å². The molecule has 0 spiro atoms. The van der Waals surface area contributed by atoms with E-state index in [1.165, 1.54) is 22.4 Å². The van der Waals surface area contributed by atoms with Crippen molar-refractivity contribution in [1.82, 2.24) is 29.6 Å². The van der Waals surface area contributed by atoms with Crippen molar-refractivity contribution in [2.45, 2.75) is 57.5 Å². The molecule has 1 fully saturated rings. The summed E-state index contributed by atoms with van der Waals surface area (Å²) in [6.45, 7) is 14.3. The Bertz CT molecular complexity index is 2160. The summed E-state index contributed by atoms with van der Waals surface area (Å²) in [6, 6.07) is 5.21. The van der Waals surface area contributed by atoms with Gasteiger partial charge >= 0.3 is 5.69 Å². The molecule has 5 aromatic rings. The number of piperazine rings is 1. The van der Waals surface area contributed by atoms with Crippen LogP contribution in [-0.4, -0.2) is 66.5 Å². The van der Waals surface area contributed by atoms with Crippen LogP contribution >= 0.6 is 23.4 Å². The third-order valence-corrected chi connectivity index (χ3v) is 10.7. The topological polar surface area (TPSA) is 100 Å². The van der Waals surface area contributed by atoms with Gasteiger partial charge in [-0.1, -0.05) is 38.1 Å². The van der Waals surface area contributed by atoms with Crippen molar-refractivity contribution in [2.75, 3.05) is 23.7 Å². The number of anilines is 1. The average molecular weight is 658 g/mol. The van der Waals surface area contributed by atoms with Crippen LogP contribution in [0.25, 0.3) is 38.6 Å². The standard InChI is InChI=1S/C34H33ClFN7O2S/c1-7-23(44)41-13-19(6)42-20(14-41)15-46-32-26-31(27(35)25(28(32)36)24-17(4)8-9-22-21(24)12-38-40-22)43(34(45)39-33(26)42)30-18(5)10-11-37-29(30)16(2)3/h7-12,16,19-20H,1,13-15H2,2-6H3,(H,38,40). The average Bonchev–Trinajstić information content (AvgIpc) is 3.43. The molecule has 2 aliphatic rings. The van der Waals surface area contributed by atoms with Gasteiger partial charge in [0, 0.05) is 47.6 Å². The summed E-state index contributed by atoms with van der Waals surface area (Å²) in [5.74, 6) is 0.159. The van der Waals surface area contributed by atoms with E-state index in [9.17, 15) is 9.59 Å². The molecule has 0 bridgehead atoms. The molecule has 2 atom stereocenters. The number of hydrogen-bond acceptors (Lipinski definition) is 7. The van der Waals surface area contributed by atoms with Gasteiger partial charge in [0.25, 0.3) is 0 Å². The van der Waals surface area contributed by atoms with Gasteiger partial charge in [0.1, 0.15) is 11.6 Å². The first-order valence-electron chi connectivity index (χ1n) is 15.2. The van der Waals surface area contributed by atoms with Gasteiger partial charge in [-0.05, 0) is 56.0 Å². The number of aromatic nitrogens is 5. The summed E-state index contributed by atoms with van der Waals surface area (Å²) < 4.78 is 18.9. The molecule has 9 nitrogen and oxygen atoms in total. The minimum absolute atomic E-state index is 0.0263. The van der Waals surface area contributed by atoms with E-state index in [0.29, 0.717) is 57.4 Å². The first kappa shape index (κ1) is 30.4. The number of hydrogen-bond donors (Lipinski definition) is 1. The van der Waals surface area contributed by atoms with Gasteiger partial charge in [-0.15, -0.1) is 11.8 Å². The van der Waals surface area contributed by atoms with E-state index in [-0.39, 0.29) is 34.5 Å². The summed E-state index contributed by atoms with van der Waals surface area (Å²) in [4.78, 5) is 40.7. The largest absolute Gasteiger partial charge is 0.354 e.